The number of amides is 1. The van der Waals surface area contributed by atoms with E-state index in [1.165, 1.54) is 13.2 Å². The highest BCUT2D eigenvalue weighted by molar-refractivity contribution is 5.89. The molecule has 2 heterocycles. The normalized spacial score (nSPS) is 14.3. The SMILES string of the molecule is COC(=O)C1CCN(C(=O)COC(=O)c2ccc(COc3ccccc3)o2)CC1. The largest absolute Gasteiger partial charge is 0.486 e. The second-order valence-electron chi connectivity index (χ2n) is 6.62. The maximum absolute atomic E-state index is 12.2. The van der Waals surface area contributed by atoms with Gasteiger partial charge in [0.25, 0.3) is 5.91 Å². The molecule has 0 aliphatic carbocycles. The number of nitrogens with zero attached hydrogens (tertiary/aromatic N) is 1. The van der Waals surface area contributed by atoms with Crippen LogP contribution in [0.3, 0.4) is 0 Å². The van der Waals surface area contributed by atoms with Crippen molar-refractivity contribution in [2.75, 3.05) is 26.8 Å². The zero-order valence-corrected chi connectivity index (χ0v) is 16.2. The van der Waals surface area contributed by atoms with E-state index in [0.29, 0.717) is 37.4 Å². The molecule has 1 aromatic carbocycles. The van der Waals surface area contributed by atoms with Crippen molar-refractivity contribution < 1.29 is 33.0 Å². The van der Waals surface area contributed by atoms with E-state index in [1.807, 2.05) is 30.3 Å². The lowest BCUT2D eigenvalue weighted by molar-refractivity contribution is -0.149. The molecule has 1 saturated heterocycles. The van der Waals surface area contributed by atoms with Crippen LogP contribution in [0.2, 0.25) is 0 Å². The maximum atomic E-state index is 12.2. The first-order valence-corrected chi connectivity index (χ1v) is 9.36. The summed E-state index contributed by atoms with van der Waals surface area (Å²) in [5.74, 6) is -0.297. The van der Waals surface area contributed by atoms with Gasteiger partial charge in [0.1, 0.15) is 18.1 Å². The van der Waals surface area contributed by atoms with Crippen molar-refractivity contribution in [3.05, 3.63) is 54.0 Å². The number of hydrogen-bond acceptors (Lipinski definition) is 7. The highest BCUT2D eigenvalue weighted by Crippen LogP contribution is 2.19. The Morgan fingerprint density at radius 3 is 2.48 bits per heavy atom. The number of carbonyl (C=O) groups excluding carboxylic acids is 3. The number of furan rings is 1. The third kappa shape index (κ3) is 5.60. The van der Waals surface area contributed by atoms with Crippen LogP contribution in [0.5, 0.6) is 5.75 Å². The quantitative estimate of drug-likeness (QED) is 0.658. The topological polar surface area (TPSA) is 95.3 Å². The van der Waals surface area contributed by atoms with Gasteiger partial charge < -0.3 is 23.5 Å². The van der Waals surface area contributed by atoms with Crippen LogP contribution in [0.4, 0.5) is 0 Å². The number of carbonyl (C=O) groups is 3. The standard InChI is InChI=1S/C21H23NO7/c1-26-20(24)15-9-11-22(12-10-15)19(23)14-28-21(25)18-8-7-17(29-18)13-27-16-5-3-2-4-6-16/h2-8,15H,9-14H2,1H3. The summed E-state index contributed by atoms with van der Waals surface area (Å²) in [6.07, 6.45) is 1.07. The Hall–Kier alpha value is -3.29. The molecule has 1 aromatic heterocycles. The van der Waals surface area contributed by atoms with E-state index in [9.17, 15) is 14.4 Å². The fourth-order valence-electron chi connectivity index (χ4n) is 3.06. The average molecular weight is 401 g/mol. The van der Waals surface area contributed by atoms with Crippen molar-refractivity contribution >= 4 is 17.8 Å². The van der Waals surface area contributed by atoms with Crippen molar-refractivity contribution in [2.45, 2.75) is 19.4 Å². The van der Waals surface area contributed by atoms with Crippen molar-refractivity contribution in [3.63, 3.8) is 0 Å². The Balaban J connectivity index is 1.42. The Bertz CT molecular complexity index is 838. The molecule has 1 amide bonds. The molecule has 0 spiro atoms. The number of methoxy groups -OCH3 is 1. The number of rotatable bonds is 7. The lowest BCUT2D eigenvalue weighted by Crippen LogP contribution is -2.42. The summed E-state index contributed by atoms with van der Waals surface area (Å²) < 4.78 is 20.8. The molecule has 0 atom stereocenters. The molecule has 0 radical (unpaired) electrons. The number of piperidine rings is 1. The fraction of sp³-hybridized carbons (Fsp3) is 0.381. The van der Waals surface area contributed by atoms with Gasteiger partial charge in [0.15, 0.2) is 6.61 Å². The zero-order chi connectivity index (χ0) is 20.6. The van der Waals surface area contributed by atoms with Crippen LogP contribution in [0, 0.1) is 5.92 Å². The lowest BCUT2D eigenvalue weighted by Gasteiger charge is -2.30. The van der Waals surface area contributed by atoms with Crippen LogP contribution in [-0.4, -0.2) is 49.6 Å². The van der Waals surface area contributed by atoms with Gasteiger partial charge in [-0.2, -0.15) is 0 Å². The Kier molecular flexibility index (Phi) is 6.89. The van der Waals surface area contributed by atoms with Gasteiger partial charge in [0, 0.05) is 13.1 Å². The molecule has 8 nitrogen and oxygen atoms in total. The van der Waals surface area contributed by atoms with Crippen LogP contribution in [0.15, 0.2) is 46.9 Å². The van der Waals surface area contributed by atoms with Gasteiger partial charge in [-0.05, 0) is 37.1 Å². The minimum Gasteiger partial charge on any atom is -0.486 e. The number of likely N-dealkylation sites (tertiary alicyclic amines) is 1. The summed E-state index contributed by atoms with van der Waals surface area (Å²) in [5.41, 5.74) is 0. The molecule has 1 aliphatic heterocycles. The zero-order valence-electron chi connectivity index (χ0n) is 16.2. The van der Waals surface area contributed by atoms with Gasteiger partial charge in [-0.3, -0.25) is 9.59 Å². The minimum atomic E-state index is -0.714. The van der Waals surface area contributed by atoms with Crippen molar-refractivity contribution in [3.8, 4) is 5.75 Å². The van der Waals surface area contributed by atoms with Crippen molar-refractivity contribution in [2.24, 2.45) is 5.92 Å². The van der Waals surface area contributed by atoms with Crippen LogP contribution in [0.1, 0.15) is 29.2 Å². The highest BCUT2D eigenvalue weighted by atomic mass is 16.6. The Labute approximate surface area is 168 Å². The molecule has 8 heteroatoms. The van der Waals surface area contributed by atoms with Gasteiger partial charge in [-0.15, -0.1) is 0 Å². The van der Waals surface area contributed by atoms with E-state index < -0.39 is 5.97 Å². The third-order valence-corrected chi connectivity index (χ3v) is 4.70. The molecule has 0 saturated carbocycles. The minimum absolute atomic E-state index is 0.00820. The second kappa shape index (κ2) is 9.77. The predicted octanol–water partition coefficient (Wildman–Crippen LogP) is 2.43. The molecule has 2 aromatic rings. The lowest BCUT2D eigenvalue weighted by atomic mass is 9.97. The molecule has 1 fully saturated rings. The van der Waals surface area contributed by atoms with Crippen LogP contribution >= 0.6 is 0 Å². The molecule has 0 unspecified atom stereocenters. The van der Waals surface area contributed by atoms with E-state index in [1.54, 1.807) is 11.0 Å². The molecule has 1 aliphatic rings. The molecule has 0 N–H and O–H groups in total. The predicted molar refractivity (Wildman–Crippen MR) is 101 cm³/mol. The summed E-state index contributed by atoms with van der Waals surface area (Å²) in [5, 5.41) is 0. The van der Waals surface area contributed by atoms with E-state index in [2.05, 4.69) is 0 Å². The summed E-state index contributed by atoms with van der Waals surface area (Å²) in [4.78, 5) is 37.4. The van der Waals surface area contributed by atoms with E-state index in [-0.39, 0.29) is 36.8 Å². The first-order valence-electron chi connectivity index (χ1n) is 9.36. The Morgan fingerprint density at radius 1 is 1.07 bits per heavy atom. The average Bonchev–Trinajstić information content (AvgIpc) is 3.25. The summed E-state index contributed by atoms with van der Waals surface area (Å²) >= 11 is 0. The van der Waals surface area contributed by atoms with Gasteiger partial charge in [0.2, 0.25) is 5.76 Å². The summed E-state index contributed by atoms with van der Waals surface area (Å²) in [6, 6.07) is 12.3. The molecular formula is C21H23NO7. The number of para-hydroxylation sites is 1. The summed E-state index contributed by atoms with van der Waals surface area (Å²) in [6.45, 7) is 0.652. The first-order chi connectivity index (χ1) is 14.1. The maximum Gasteiger partial charge on any atom is 0.374 e. The van der Waals surface area contributed by atoms with Crippen molar-refractivity contribution in [1.82, 2.24) is 4.90 Å². The number of hydrogen-bond donors (Lipinski definition) is 0. The molecule has 3 rings (SSSR count). The molecular weight excluding hydrogens is 378 g/mol. The van der Waals surface area contributed by atoms with E-state index in [4.69, 9.17) is 18.6 Å². The third-order valence-electron chi connectivity index (χ3n) is 4.70. The fourth-order valence-corrected chi connectivity index (χ4v) is 3.06. The van der Waals surface area contributed by atoms with Gasteiger partial charge in [-0.25, -0.2) is 4.79 Å². The van der Waals surface area contributed by atoms with Gasteiger partial charge in [-0.1, -0.05) is 18.2 Å². The Morgan fingerprint density at radius 2 is 1.79 bits per heavy atom. The monoisotopic (exact) mass is 401 g/mol. The van der Waals surface area contributed by atoms with Crippen LogP contribution < -0.4 is 4.74 Å². The molecule has 29 heavy (non-hydrogen) atoms. The van der Waals surface area contributed by atoms with E-state index in [0.717, 1.165) is 0 Å². The highest BCUT2D eigenvalue weighted by Gasteiger charge is 2.28. The molecule has 154 valence electrons. The molecule has 0 bridgehead atoms. The number of ether oxygens (including phenoxy) is 3. The summed E-state index contributed by atoms with van der Waals surface area (Å²) in [7, 11) is 1.35. The van der Waals surface area contributed by atoms with E-state index >= 15 is 0 Å². The van der Waals surface area contributed by atoms with Crippen molar-refractivity contribution in [1.29, 1.82) is 0 Å². The van der Waals surface area contributed by atoms with Crippen LogP contribution in [-0.2, 0) is 25.7 Å². The van der Waals surface area contributed by atoms with Crippen LogP contribution in [0.25, 0.3) is 0 Å². The van der Waals surface area contributed by atoms with Gasteiger partial charge in [0.05, 0.1) is 13.0 Å². The second-order valence-corrected chi connectivity index (χ2v) is 6.62. The first kappa shape index (κ1) is 20.4. The smallest absolute Gasteiger partial charge is 0.374 e. The number of benzene rings is 1. The number of esters is 2. The van der Waals surface area contributed by atoms with Gasteiger partial charge >= 0.3 is 11.9 Å².